The number of aromatic nitrogens is 2. The van der Waals surface area contributed by atoms with E-state index in [2.05, 4.69) is 319 Å². The minimum Gasteiger partial charge on any atom is -0.454 e. The van der Waals surface area contributed by atoms with E-state index in [9.17, 15) is 0 Å². The first kappa shape index (κ1) is 49.9. The average Bonchev–Trinajstić information content (AvgIpc) is 1.79. The molecule has 0 N–H and O–H groups in total. The molecule has 0 bridgehead atoms. The normalized spacial score (nSPS) is 13.0. The summed E-state index contributed by atoms with van der Waals surface area (Å²) in [7, 11) is 0. The first-order valence-corrected chi connectivity index (χ1v) is 30.9. The van der Waals surface area contributed by atoms with Crippen molar-refractivity contribution in [1.29, 1.82) is 0 Å². The van der Waals surface area contributed by atoms with Gasteiger partial charge in [0.25, 0.3) is 6.71 Å². The van der Waals surface area contributed by atoms with Crippen molar-refractivity contribution in [2.24, 2.45) is 0 Å². The summed E-state index contributed by atoms with van der Waals surface area (Å²) in [6, 6.07) is 103. The lowest BCUT2D eigenvalue weighted by Gasteiger charge is -2.45. The third-order valence-corrected chi connectivity index (χ3v) is 19.2. The first-order chi connectivity index (χ1) is 43.8. The zero-order valence-corrected chi connectivity index (χ0v) is 49.2. The zero-order chi connectivity index (χ0) is 58.8. The largest absolute Gasteiger partial charge is 0.454 e. The molecule has 2 aliphatic heterocycles. The molecule has 17 aromatic rings. The van der Waals surface area contributed by atoms with Gasteiger partial charge in [-0.25, -0.2) is 0 Å². The maximum absolute atomic E-state index is 7.37. The van der Waals surface area contributed by atoms with Crippen molar-refractivity contribution in [3.05, 3.63) is 285 Å². The number of rotatable bonds is 6. The number of fused-ring (bicyclic) bond motifs is 16. The summed E-state index contributed by atoms with van der Waals surface area (Å²) in [5.41, 5.74) is 25.2. The molecule has 0 atom stereocenters. The number of nitrogens with zero attached hydrogens (tertiary/aromatic N) is 4. The van der Waals surface area contributed by atoms with Gasteiger partial charge >= 0.3 is 0 Å². The van der Waals surface area contributed by atoms with E-state index in [0.29, 0.717) is 0 Å². The topological polar surface area (TPSA) is 42.6 Å². The van der Waals surface area contributed by atoms with Gasteiger partial charge in [0.2, 0.25) is 0 Å². The van der Waals surface area contributed by atoms with Crippen LogP contribution in [0.1, 0.15) is 26.3 Å². The maximum atomic E-state index is 7.37. The van der Waals surface area contributed by atoms with E-state index < -0.39 is 0 Å². The molecular weight excluding hydrogens is 1080 g/mol. The van der Waals surface area contributed by atoms with E-state index >= 15 is 0 Å². The Hall–Kier alpha value is -11.3. The van der Waals surface area contributed by atoms with Gasteiger partial charge in [-0.15, -0.1) is 0 Å². The molecular formula is C82H55BN4O2. The van der Waals surface area contributed by atoms with Crippen LogP contribution in [0, 0.1) is 0 Å². The van der Waals surface area contributed by atoms with Crippen molar-refractivity contribution < 1.29 is 8.83 Å². The molecule has 89 heavy (non-hydrogen) atoms. The average molecular weight is 1140 g/mol. The standard InChI is InChI=1S/C82H55BN4O2/c1-82(2,3)52-46-73-77-74(47-52)87(79-56(51-24-8-5-9-25-51)41-43-64-62-31-15-21-37-76(62)89-81(64)79)72-49-54(85-69-34-18-12-28-59(69)60-29-13-19-35-70(60)85)39-45-66(72)83(77)65-44-38-53(84-67-32-16-10-26-57(67)58-27-11-17-33-68(58)84)48-71(65)86(73)78-55(50-22-6-4-7-23-50)40-42-63-61-30-14-20-36-75(61)88-80(63)78/h4-49H,1-3H3. The number of furan rings is 2. The lowest BCUT2D eigenvalue weighted by atomic mass is 9.33. The second kappa shape index (κ2) is 18.6. The Labute approximate surface area is 514 Å². The summed E-state index contributed by atoms with van der Waals surface area (Å²) in [5.74, 6) is 0. The number of benzene rings is 13. The summed E-state index contributed by atoms with van der Waals surface area (Å²) in [5, 5.41) is 9.15. The summed E-state index contributed by atoms with van der Waals surface area (Å²) >= 11 is 0. The van der Waals surface area contributed by atoms with Crippen LogP contribution in [-0.2, 0) is 5.41 Å². The van der Waals surface area contributed by atoms with Crippen molar-refractivity contribution >= 4 is 145 Å². The van der Waals surface area contributed by atoms with Crippen molar-refractivity contribution in [3.63, 3.8) is 0 Å². The molecule has 0 spiro atoms. The lowest BCUT2D eigenvalue weighted by Crippen LogP contribution is -2.61. The highest BCUT2D eigenvalue weighted by Crippen LogP contribution is 2.55. The van der Waals surface area contributed by atoms with E-state index in [1.165, 1.54) is 43.5 Å². The Morgan fingerprint density at radius 3 is 1.07 bits per heavy atom. The van der Waals surface area contributed by atoms with E-state index in [-0.39, 0.29) is 12.1 Å². The van der Waals surface area contributed by atoms with Crippen LogP contribution < -0.4 is 26.2 Å². The van der Waals surface area contributed by atoms with Crippen LogP contribution >= 0.6 is 0 Å². The van der Waals surface area contributed by atoms with Crippen LogP contribution in [0.15, 0.2) is 288 Å². The van der Waals surface area contributed by atoms with Gasteiger partial charge in [-0.1, -0.05) is 215 Å². The molecule has 0 aliphatic carbocycles. The molecule has 0 saturated carbocycles. The molecule has 19 rings (SSSR count). The van der Waals surface area contributed by atoms with E-state index in [4.69, 9.17) is 8.83 Å². The smallest absolute Gasteiger partial charge is 0.252 e. The zero-order valence-electron chi connectivity index (χ0n) is 49.2. The predicted molar refractivity (Wildman–Crippen MR) is 373 cm³/mol. The third-order valence-electron chi connectivity index (χ3n) is 19.2. The Morgan fingerprint density at radius 1 is 0.315 bits per heavy atom. The molecule has 0 amide bonds. The van der Waals surface area contributed by atoms with Gasteiger partial charge in [-0.05, 0) is 123 Å². The fourth-order valence-corrected chi connectivity index (χ4v) is 15.3. The van der Waals surface area contributed by atoms with Crippen LogP contribution in [-0.4, -0.2) is 15.8 Å². The van der Waals surface area contributed by atoms with Gasteiger partial charge in [0.15, 0.2) is 11.2 Å². The highest BCUT2D eigenvalue weighted by Gasteiger charge is 2.46. The van der Waals surface area contributed by atoms with Crippen molar-refractivity contribution in [1.82, 2.24) is 9.13 Å². The molecule has 418 valence electrons. The third kappa shape index (κ3) is 7.15. The number of hydrogen-bond acceptors (Lipinski definition) is 4. The summed E-state index contributed by atoms with van der Waals surface area (Å²) in [4.78, 5) is 5.19. The Morgan fingerprint density at radius 2 is 0.674 bits per heavy atom. The highest BCUT2D eigenvalue weighted by molar-refractivity contribution is 7.00. The maximum Gasteiger partial charge on any atom is 0.252 e. The van der Waals surface area contributed by atoms with E-state index in [0.717, 1.165) is 134 Å². The van der Waals surface area contributed by atoms with Crippen LogP contribution in [0.5, 0.6) is 0 Å². The number of hydrogen-bond donors (Lipinski definition) is 0. The van der Waals surface area contributed by atoms with Gasteiger partial charge in [0, 0.05) is 88.3 Å². The van der Waals surface area contributed by atoms with Gasteiger partial charge in [-0.2, -0.15) is 0 Å². The summed E-state index contributed by atoms with van der Waals surface area (Å²) < 4.78 is 19.7. The first-order valence-electron chi connectivity index (χ1n) is 30.9. The fourth-order valence-electron chi connectivity index (χ4n) is 15.3. The van der Waals surface area contributed by atoms with Gasteiger partial charge < -0.3 is 27.8 Å². The monoisotopic (exact) mass is 1140 g/mol. The molecule has 13 aromatic carbocycles. The molecule has 6 heterocycles. The van der Waals surface area contributed by atoms with Crippen molar-refractivity contribution in [2.75, 3.05) is 9.80 Å². The van der Waals surface area contributed by atoms with Crippen molar-refractivity contribution in [2.45, 2.75) is 26.2 Å². The second-order valence-electron chi connectivity index (χ2n) is 25.1. The second-order valence-corrected chi connectivity index (χ2v) is 25.1. The lowest BCUT2D eigenvalue weighted by molar-refractivity contribution is 0.590. The van der Waals surface area contributed by atoms with Crippen LogP contribution in [0.4, 0.5) is 34.1 Å². The molecule has 0 radical (unpaired) electrons. The van der Waals surface area contributed by atoms with E-state index in [1.54, 1.807) is 0 Å². The molecule has 6 nitrogen and oxygen atoms in total. The number of anilines is 6. The van der Waals surface area contributed by atoms with E-state index in [1.807, 2.05) is 0 Å². The van der Waals surface area contributed by atoms with Crippen LogP contribution in [0.2, 0.25) is 0 Å². The fraction of sp³-hybridized carbons (Fsp3) is 0.0488. The molecule has 2 aliphatic rings. The Bertz CT molecular complexity index is 5370. The number of para-hydroxylation sites is 6. The minimum absolute atomic E-state index is 0.240. The Kier molecular flexibility index (Phi) is 10.4. The van der Waals surface area contributed by atoms with Crippen LogP contribution in [0.3, 0.4) is 0 Å². The van der Waals surface area contributed by atoms with Crippen LogP contribution in [0.25, 0.3) is 121 Å². The quantitative estimate of drug-likeness (QED) is 0.156. The molecule has 4 aromatic heterocycles. The highest BCUT2D eigenvalue weighted by atomic mass is 16.3. The van der Waals surface area contributed by atoms with Gasteiger partial charge in [0.1, 0.15) is 11.2 Å². The summed E-state index contributed by atoms with van der Waals surface area (Å²) in [6.07, 6.45) is 0. The molecule has 0 unspecified atom stereocenters. The SMILES string of the molecule is CC(C)(C)c1cc2c3c(c1)N(c1c(-c4ccccc4)ccc4c1oc1ccccc14)c1cc(-n4c5ccccc5c5ccccc54)ccc1B3c1ccc(-n3c4ccccc4c4ccccc43)cc1N2c1c(-c2ccccc2)ccc2c1oc1ccccc12. The molecule has 0 saturated heterocycles. The predicted octanol–water partition coefficient (Wildman–Crippen LogP) is 20.4. The van der Waals surface area contributed by atoms with Gasteiger partial charge in [0.05, 0.1) is 33.4 Å². The summed E-state index contributed by atoms with van der Waals surface area (Å²) in [6.45, 7) is 6.82. The van der Waals surface area contributed by atoms with Gasteiger partial charge in [-0.3, -0.25) is 0 Å². The molecule has 7 heteroatoms. The minimum atomic E-state index is -0.324. The van der Waals surface area contributed by atoms with Crippen molar-refractivity contribution in [3.8, 4) is 33.6 Å². The Balaban J connectivity index is 0.997. The molecule has 0 fully saturated rings.